The highest BCUT2D eigenvalue weighted by atomic mass is 32.2. The van der Waals surface area contributed by atoms with Crippen LogP contribution in [0.2, 0.25) is 0 Å². The van der Waals surface area contributed by atoms with Crippen molar-refractivity contribution in [3.8, 4) is 0 Å². The number of hydrogen-bond acceptors (Lipinski definition) is 3. The summed E-state index contributed by atoms with van der Waals surface area (Å²) in [5, 5.41) is 8.77. The molecule has 1 aromatic rings. The lowest BCUT2D eigenvalue weighted by atomic mass is 10.2. The zero-order chi connectivity index (χ0) is 10.7. The normalized spacial score (nSPS) is 16.4. The van der Waals surface area contributed by atoms with E-state index >= 15 is 0 Å². The van der Waals surface area contributed by atoms with Gasteiger partial charge in [0.15, 0.2) is 0 Å². The lowest BCUT2D eigenvalue weighted by Gasteiger charge is -2.28. The maximum absolute atomic E-state index is 10.7. The molecule has 1 fully saturated rings. The zero-order valence-electron chi connectivity index (χ0n) is 8.35. The Bertz CT molecular complexity index is 344. The van der Waals surface area contributed by atoms with Gasteiger partial charge in [-0.15, -0.1) is 0 Å². The Morgan fingerprint density at radius 1 is 1.20 bits per heavy atom. The van der Waals surface area contributed by atoms with Gasteiger partial charge >= 0.3 is 5.97 Å². The first kappa shape index (κ1) is 10.4. The zero-order valence-corrected chi connectivity index (χ0v) is 9.17. The third-order valence-corrected chi connectivity index (χ3v) is 3.43. The number of carboxylic acids is 1. The molecule has 0 spiro atoms. The van der Waals surface area contributed by atoms with Crippen LogP contribution in [0.4, 0.5) is 5.69 Å². The van der Waals surface area contributed by atoms with Crippen LogP contribution in [-0.4, -0.2) is 35.7 Å². The maximum Gasteiger partial charge on any atom is 0.335 e. The minimum absolute atomic E-state index is 0.352. The summed E-state index contributed by atoms with van der Waals surface area (Å²) in [6, 6.07) is 7.11. The van der Waals surface area contributed by atoms with Crippen molar-refractivity contribution in [1.29, 1.82) is 0 Å². The molecular formula is C11H13NO2S. The van der Waals surface area contributed by atoms with E-state index in [1.807, 2.05) is 23.9 Å². The summed E-state index contributed by atoms with van der Waals surface area (Å²) in [5.74, 6) is 1.44. The summed E-state index contributed by atoms with van der Waals surface area (Å²) in [6.07, 6.45) is 0. The predicted octanol–water partition coefficient (Wildman–Crippen LogP) is 1.94. The first-order valence-corrected chi connectivity index (χ1v) is 6.09. The molecule has 1 aliphatic rings. The number of rotatable bonds is 2. The van der Waals surface area contributed by atoms with Crippen LogP contribution in [0.3, 0.4) is 0 Å². The molecule has 0 aliphatic carbocycles. The molecule has 0 unspecified atom stereocenters. The fraction of sp³-hybridized carbons (Fsp3) is 0.364. The highest BCUT2D eigenvalue weighted by Gasteiger charge is 2.11. The first-order chi connectivity index (χ1) is 7.27. The second-order valence-electron chi connectivity index (χ2n) is 3.45. The van der Waals surface area contributed by atoms with E-state index < -0.39 is 5.97 Å². The summed E-state index contributed by atoms with van der Waals surface area (Å²) < 4.78 is 0. The van der Waals surface area contributed by atoms with Crippen LogP contribution in [-0.2, 0) is 0 Å². The summed E-state index contributed by atoms with van der Waals surface area (Å²) in [4.78, 5) is 13.0. The van der Waals surface area contributed by atoms with Crippen molar-refractivity contribution >= 4 is 23.4 Å². The van der Waals surface area contributed by atoms with Crippen molar-refractivity contribution in [2.45, 2.75) is 0 Å². The number of hydrogen-bond donors (Lipinski definition) is 1. The number of thioether (sulfide) groups is 1. The Labute approximate surface area is 93.1 Å². The minimum Gasteiger partial charge on any atom is -0.478 e. The van der Waals surface area contributed by atoms with Gasteiger partial charge in [0.05, 0.1) is 5.56 Å². The standard InChI is InChI=1S/C11H13NO2S/c13-11(14)9-1-3-10(4-2-9)12-5-7-15-8-6-12/h1-4H,5-8H2,(H,13,14). The van der Waals surface area contributed by atoms with Crippen LogP contribution in [0.25, 0.3) is 0 Å². The first-order valence-electron chi connectivity index (χ1n) is 4.93. The van der Waals surface area contributed by atoms with Gasteiger partial charge in [0.25, 0.3) is 0 Å². The second-order valence-corrected chi connectivity index (χ2v) is 4.68. The van der Waals surface area contributed by atoms with Crippen LogP contribution >= 0.6 is 11.8 Å². The molecule has 3 nitrogen and oxygen atoms in total. The molecule has 0 bridgehead atoms. The highest BCUT2D eigenvalue weighted by Crippen LogP contribution is 2.19. The van der Waals surface area contributed by atoms with E-state index in [2.05, 4.69) is 4.90 Å². The van der Waals surface area contributed by atoms with Crippen LogP contribution in [0.1, 0.15) is 10.4 Å². The topological polar surface area (TPSA) is 40.5 Å². The molecule has 0 saturated carbocycles. The molecule has 1 saturated heterocycles. The number of nitrogens with zero attached hydrogens (tertiary/aromatic N) is 1. The van der Waals surface area contributed by atoms with E-state index in [1.165, 1.54) is 0 Å². The van der Waals surface area contributed by atoms with Crippen molar-refractivity contribution in [3.63, 3.8) is 0 Å². The van der Waals surface area contributed by atoms with Gasteiger partial charge < -0.3 is 10.0 Å². The van der Waals surface area contributed by atoms with Gasteiger partial charge in [-0.1, -0.05) is 0 Å². The van der Waals surface area contributed by atoms with Crippen molar-refractivity contribution in [3.05, 3.63) is 29.8 Å². The molecular weight excluding hydrogens is 210 g/mol. The Kier molecular flexibility index (Phi) is 3.16. The lowest BCUT2D eigenvalue weighted by molar-refractivity contribution is 0.0697. The van der Waals surface area contributed by atoms with Crippen molar-refractivity contribution < 1.29 is 9.90 Å². The molecule has 1 heterocycles. The van der Waals surface area contributed by atoms with Gasteiger partial charge in [0.2, 0.25) is 0 Å². The number of aromatic carboxylic acids is 1. The number of benzene rings is 1. The Morgan fingerprint density at radius 2 is 1.80 bits per heavy atom. The fourth-order valence-corrected chi connectivity index (χ4v) is 2.54. The fourth-order valence-electron chi connectivity index (χ4n) is 1.64. The van der Waals surface area contributed by atoms with Gasteiger partial charge in [-0.3, -0.25) is 0 Å². The molecule has 1 N–H and O–H groups in total. The molecule has 15 heavy (non-hydrogen) atoms. The van der Waals surface area contributed by atoms with Crippen LogP contribution in [0.5, 0.6) is 0 Å². The second kappa shape index (κ2) is 4.57. The molecule has 1 aromatic carbocycles. The maximum atomic E-state index is 10.7. The van der Waals surface area contributed by atoms with Crippen LogP contribution in [0, 0.1) is 0 Å². The number of carbonyl (C=O) groups is 1. The largest absolute Gasteiger partial charge is 0.478 e. The predicted molar refractivity (Wildman–Crippen MR) is 62.9 cm³/mol. The molecule has 0 radical (unpaired) electrons. The van der Waals surface area contributed by atoms with Crippen LogP contribution in [0.15, 0.2) is 24.3 Å². The number of anilines is 1. The highest BCUT2D eigenvalue weighted by molar-refractivity contribution is 7.99. The Morgan fingerprint density at radius 3 is 2.33 bits per heavy atom. The average Bonchev–Trinajstić information content (AvgIpc) is 2.30. The Hall–Kier alpha value is -1.16. The van der Waals surface area contributed by atoms with Crippen molar-refractivity contribution in [1.82, 2.24) is 0 Å². The van der Waals surface area contributed by atoms with E-state index in [0.717, 1.165) is 30.3 Å². The average molecular weight is 223 g/mol. The monoisotopic (exact) mass is 223 g/mol. The van der Waals surface area contributed by atoms with Gasteiger partial charge in [0, 0.05) is 30.3 Å². The summed E-state index contributed by atoms with van der Waals surface area (Å²) in [5.41, 5.74) is 1.48. The summed E-state index contributed by atoms with van der Waals surface area (Å²) >= 11 is 1.97. The quantitative estimate of drug-likeness (QED) is 0.831. The molecule has 0 amide bonds. The summed E-state index contributed by atoms with van der Waals surface area (Å²) in [6.45, 7) is 2.11. The number of carboxylic acid groups (broad SMARTS) is 1. The van der Waals surface area contributed by atoms with Crippen LogP contribution < -0.4 is 4.90 Å². The van der Waals surface area contributed by atoms with Crippen molar-refractivity contribution in [2.24, 2.45) is 0 Å². The molecule has 0 aromatic heterocycles. The smallest absolute Gasteiger partial charge is 0.335 e. The van der Waals surface area contributed by atoms with Gasteiger partial charge in [-0.2, -0.15) is 11.8 Å². The molecule has 2 rings (SSSR count). The Balaban J connectivity index is 2.11. The molecule has 0 atom stereocenters. The molecule has 4 heteroatoms. The molecule has 80 valence electrons. The molecule has 1 aliphatic heterocycles. The van der Waals surface area contributed by atoms with E-state index in [1.54, 1.807) is 12.1 Å². The van der Waals surface area contributed by atoms with Gasteiger partial charge in [-0.05, 0) is 24.3 Å². The van der Waals surface area contributed by atoms with E-state index in [4.69, 9.17) is 5.11 Å². The SMILES string of the molecule is O=C(O)c1ccc(N2CCSCC2)cc1. The van der Waals surface area contributed by atoms with E-state index in [0.29, 0.717) is 5.56 Å². The van der Waals surface area contributed by atoms with Gasteiger partial charge in [0.1, 0.15) is 0 Å². The third-order valence-electron chi connectivity index (χ3n) is 2.49. The third kappa shape index (κ3) is 2.45. The van der Waals surface area contributed by atoms with Gasteiger partial charge in [-0.25, -0.2) is 4.79 Å². The summed E-state index contributed by atoms with van der Waals surface area (Å²) in [7, 11) is 0. The van der Waals surface area contributed by atoms with E-state index in [9.17, 15) is 4.79 Å². The van der Waals surface area contributed by atoms with Crippen molar-refractivity contribution in [2.75, 3.05) is 29.5 Å². The lowest BCUT2D eigenvalue weighted by Crippen LogP contribution is -2.32. The minimum atomic E-state index is -0.865. The van der Waals surface area contributed by atoms with E-state index in [-0.39, 0.29) is 0 Å².